The Labute approximate surface area is 101 Å². The molecular formula is C11H19N3OS. The Morgan fingerprint density at radius 3 is 2.69 bits per heavy atom. The second-order valence-electron chi connectivity index (χ2n) is 4.40. The molecule has 1 aromatic heterocycles. The fourth-order valence-electron chi connectivity index (χ4n) is 1.38. The second-order valence-corrected chi connectivity index (χ2v) is 5.32. The number of amides is 2. The van der Waals surface area contributed by atoms with Gasteiger partial charge in [-0.2, -0.15) is 0 Å². The van der Waals surface area contributed by atoms with Crippen LogP contribution in [-0.2, 0) is 0 Å². The first-order valence-corrected chi connectivity index (χ1v) is 6.26. The molecule has 0 aromatic carbocycles. The summed E-state index contributed by atoms with van der Waals surface area (Å²) in [6.07, 6.45) is 2.68. The first kappa shape index (κ1) is 13.0. The zero-order valence-corrected chi connectivity index (χ0v) is 11.0. The highest BCUT2D eigenvalue weighted by molar-refractivity contribution is 7.09. The summed E-state index contributed by atoms with van der Waals surface area (Å²) in [5.41, 5.74) is 0. The minimum atomic E-state index is -0.0687. The van der Waals surface area contributed by atoms with Crippen molar-refractivity contribution < 1.29 is 4.79 Å². The van der Waals surface area contributed by atoms with Crippen LogP contribution in [0.15, 0.2) is 11.6 Å². The topological polar surface area (TPSA) is 45.2 Å². The number of hydrogen-bond donors (Lipinski definition) is 1. The van der Waals surface area contributed by atoms with Crippen LogP contribution in [0.25, 0.3) is 0 Å². The molecule has 1 atom stereocenters. The molecule has 0 bridgehead atoms. The number of nitrogens with zero attached hydrogens (tertiary/aromatic N) is 2. The van der Waals surface area contributed by atoms with E-state index in [9.17, 15) is 4.79 Å². The van der Waals surface area contributed by atoms with Crippen molar-refractivity contribution in [1.82, 2.24) is 15.2 Å². The SMILES string of the molecule is CC(C)CC(NC(=O)N(C)C)c1nccs1. The van der Waals surface area contributed by atoms with Gasteiger partial charge in [0.05, 0.1) is 6.04 Å². The third-order valence-electron chi connectivity index (χ3n) is 2.16. The van der Waals surface area contributed by atoms with Crippen molar-refractivity contribution in [2.24, 2.45) is 5.92 Å². The summed E-state index contributed by atoms with van der Waals surface area (Å²) in [5.74, 6) is 0.524. The van der Waals surface area contributed by atoms with Crippen LogP contribution in [0.4, 0.5) is 4.79 Å². The molecule has 5 heteroatoms. The van der Waals surface area contributed by atoms with Gasteiger partial charge in [-0.15, -0.1) is 11.3 Å². The summed E-state index contributed by atoms with van der Waals surface area (Å²) < 4.78 is 0. The molecule has 90 valence electrons. The van der Waals surface area contributed by atoms with E-state index in [-0.39, 0.29) is 12.1 Å². The molecule has 0 saturated heterocycles. The Balaban J connectivity index is 2.69. The van der Waals surface area contributed by atoms with Crippen LogP contribution in [0.2, 0.25) is 0 Å². The van der Waals surface area contributed by atoms with Gasteiger partial charge in [-0.3, -0.25) is 0 Å². The molecule has 2 amide bonds. The number of thiazole rings is 1. The van der Waals surface area contributed by atoms with Crippen LogP contribution in [-0.4, -0.2) is 30.0 Å². The zero-order chi connectivity index (χ0) is 12.1. The maximum Gasteiger partial charge on any atom is 0.317 e. The molecular weight excluding hydrogens is 222 g/mol. The molecule has 0 aliphatic heterocycles. The fourth-order valence-corrected chi connectivity index (χ4v) is 2.08. The van der Waals surface area contributed by atoms with Gasteiger partial charge in [-0.1, -0.05) is 13.8 Å². The van der Waals surface area contributed by atoms with Crippen LogP contribution in [0.3, 0.4) is 0 Å². The molecule has 0 saturated carbocycles. The van der Waals surface area contributed by atoms with Crippen LogP contribution >= 0.6 is 11.3 Å². The average molecular weight is 241 g/mol. The van der Waals surface area contributed by atoms with Gasteiger partial charge in [0.15, 0.2) is 0 Å². The predicted octanol–water partition coefficient (Wildman–Crippen LogP) is 2.50. The van der Waals surface area contributed by atoms with E-state index in [1.54, 1.807) is 36.5 Å². The normalized spacial score (nSPS) is 12.6. The average Bonchev–Trinajstić information content (AvgIpc) is 2.68. The van der Waals surface area contributed by atoms with Crippen LogP contribution in [0.5, 0.6) is 0 Å². The van der Waals surface area contributed by atoms with Crippen molar-refractivity contribution in [2.75, 3.05) is 14.1 Å². The number of urea groups is 1. The molecule has 16 heavy (non-hydrogen) atoms. The first-order chi connectivity index (χ1) is 7.50. The van der Waals surface area contributed by atoms with Gasteiger partial charge in [0, 0.05) is 25.7 Å². The maximum absolute atomic E-state index is 11.6. The molecule has 1 unspecified atom stereocenters. The lowest BCUT2D eigenvalue weighted by Gasteiger charge is -2.21. The molecule has 0 aliphatic carbocycles. The highest BCUT2D eigenvalue weighted by Crippen LogP contribution is 2.23. The van der Waals surface area contributed by atoms with Crippen molar-refractivity contribution in [3.63, 3.8) is 0 Å². The van der Waals surface area contributed by atoms with Crippen molar-refractivity contribution in [3.8, 4) is 0 Å². The zero-order valence-electron chi connectivity index (χ0n) is 10.2. The molecule has 0 spiro atoms. The summed E-state index contributed by atoms with van der Waals surface area (Å²) >= 11 is 1.58. The first-order valence-electron chi connectivity index (χ1n) is 5.38. The van der Waals surface area contributed by atoms with E-state index in [0.29, 0.717) is 5.92 Å². The van der Waals surface area contributed by atoms with Crippen LogP contribution in [0.1, 0.15) is 31.3 Å². The lowest BCUT2D eigenvalue weighted by Crippen LogP contribution is -2.37. The minimum absolute atomic E-state index is 0.0231. The smallest absolute Gasteiger partial charge is 0.317 e. The predicted molar refractivity (Wildman–Crippen MR) is 66.5 cm³/mol. The summed E-state index contributed by atoms with van der Waals surface area (Å²) in [7, 11) is 3.48. The quantitative estimate of drug-likeness (QED) is 0.880. The molecule has 0 radical (unpaired) electrons. The Kier molecular flexibility index (Phi) is 4.73. The third-order valence-corrected chi connectivity index (χ3v) is 3.05. The fraction of sp³-hybridized carbons (Fsp3) is 0.636. The Morgan fingerprint density at radius 1 is 1.56 bits per heavy atom. The van der Waals surface area contributed by atoms with Crippen molar-refractivity contribution in [3.05, 3.63) is 16.6 Å². The third kappa shape index (κ3) is 3.81. The van der Waals surface area contributed by atoms with Gasteiger partial charge < -0.3 is 10.2 Å². The number of rotatable bonds is 4. The van der Waals surface area contributed by atoms with Gasteiger partial charge in [0.2, 0.25) is 0 Å². The van der Waals surface area contributed by atoms with Crippen LogP contribution < -0.4 is 5.32 Å². The lowest BCUT2D eigenvalue weighted by molar-refractivity contribution is 0.211. The van der Waals surface area contributed by atoms with E-state index in [2.05, 4.69) is 24.1 Å². The van der Waals surface area contributed by atoms with E-state index >= 15 is 0 Å². The van der Waals surface area contributed by atoms with Gasteiger partial charge in [-0.25, -0.2) is 9.78 Å². The standard InChI is InChI=1S/C11H19N3OS/c1-8(2)7-9(10-12-5-6-16-10)13-11(15)14(3)4/h5-6,8-9H,7H2,1-4H3,(H,13,15). The molecule has 0 fully saturated rings. The maximum atomic E-state index is 11.6. The van der Waals surface area contributed by atoms with Gasteiger partial charge in [0.1, 0.15) is 5.01 Å². The molecule has 1 N–H and O–H groups in total. The van der Waals surface area contributed by atoms with E-state index in [1.165, 1.54) is 0 Å². The monoisotopic (exact) mass is 241 g/mol. The van der Waals surface area contributed by atoms with E-state index in [1.807, 2.05) is 5.38 Å². The number of nitrogens with one attached hydrogen (secondary N) is 1. The summed E-state index contributed by atoms with van der Waals surface area (Å²) in [4.78, 5) is 17.4. The molecule has 1 aromatic rings. The Bertz CT molecular complexity index is 322. The molecule has 1 rings (SSSR count). The van der Waals surface area contributed by atoms with E-state index in [0.717, 1.165) is 11.4 Å². The number of hydrogen-bond acceptors (Lipinski definition) is 3. The van der Waals surface area contributed by atoms with E-state index in [4.69, 9.17) is 0 Å². The van der Waals surface area contributed by atoms with Crippen molar-refractivity contribution >= 4 is 17.4 Å². The van der Waals surface area contributed by atoms with Crippen molar-refractivity contribution in [1.29, 1.82) is 0 Å². The largest absolute Gasteiger partial charge is 0.331 e. The molecule has 4 nitrogen and oxygen atoms in total. The van der Waals surface area contributed by atoms with Crippen LogP contribution in [0, 0.1) is 5.92 Å². The highest BCUT2D eigenvalue weighted by Gasteiger charge is 2.18. The second kappa shape index (κ2) is 5.84. The van der Waals surface area contributed by atoms with Gasteiger partial charge >= 0.3 is 6.03 Å². The molecule has 0 aliphatic rings. The van der Waals surface area contributed by atoms with E-state index < -0.39 is 0 Å². The Morgan fingerprint density at radius 2 is 2.25 bits per heavy atom. The Hall–Kier alpha value is -1.10. The minimum Gasteiger partial charge on any atom is -0.331 e. The lowest BCUT2D eigenvalue weighted by atomic mass is 10.0. The van der Waals surface area contributed by atoms with Crippen molar-refractivity contribution in [2.45, 2.75) is 26.3 Å². The summed E-state index contributed by atoms with van der Waals surface area (Å²) in [5, 5.41) is 5.90. The number of aromatic nitrogens is 1. The number of carbonyl (C=O) groups is 1. The van der Waals surface area contributed by atoms with Gasteiger partial charge in [-0.05, 0) is 12.3 Å². The highest BCUT2D eigenvalue weighted by atomic mass is 32.1. The molecule has 1 heterocycles. The summed E-state index contributed by atoms with van der Waals surface area (Å²) in [6.45, 7) is 4.28. The summed E-state index contributed by atoms with van der Waals surface area (Å²) in [6, 6.07) is -0.0456. The number of carbonyl (C=O) groups excluding carboxylic acids is 1. The van der Waals surface area contributed by atoms with Gasteiger partial charge in [0.25, 0.3) is 0 Å².